The molecule has 0 unspecified atom stereocenters. The first-order valence-corrected chi connectivity index (χ1v) is 8.27. The van der Waals surface area contributed by atoms with Crippen molar-refractivity contribution in [1.29, 1.82) is 0 Å². The Morgan fingerprint density at radius 2 is 1.91 bits per heavy atom. The highest BCUT2D eigenvalue weighted by atomic mass is 35.5. The first kappa shape index (κ1) is 15.6. The minimum Gasteiger partial charge on any atom is -0.455 e. The van der Waals surface area contributed by atoms with E-state index in [1.54, 1.807) is 4.90 Å². The van der Waals surface area contributed by atoms with E-state index in [4.69, 9.17) is 20.8 Å². The summed E-state index contributed by atoms with van der Waals surface area (Å²) in [4.78, 5) is 1.64. The number of quaternary nitrogens is 2. The lowest BCUT2D eigenvalue weighted by molar-refractivity contribution is -0.920. The molecular formula is C17H23ClN2O2+2. The van der Waals surface area contributed by atoms with E-state index < -0.39 is 0 Å². The maximum Gasteiger partial charge on any atom is 0.158 e. The summed E-state index contributed by atoms with van der Waals surface area (Å²) in [7, 11) is 0. The first-order valence-electron chi connectivity index (χ1n) is 7.89. The molecule has 0 spiro atoms. The fourth-order valence-electron chi connectivity index (χ4n) is 2.75. The molecule has 3 N–H and O–H groups in total. The molecule has 0 amide bonds. The zero-order valence-electron chi connectivity index (χ0n) is 12.7. The molecule has 1 aliphatic heterocycles. The van der Waals surface area contributed by atoms with Crippen molar-refractivity contribution in [2.45, 2.75) is 6.54 Å². The van der Waals surface area contributed by atoms with Crippen molar-refractivity contribution in [3.05, 3.63) is 47.2 Å². The number of nitrogens with one attached hydrogen (secondary N) is 1. The molecule has 2 heterocycles. The van der Waals surface area contributed by atoms with Gasteiger partial charge in [0.1, 0.15) is 38.5 Å². The van der Waals surface area contributed by atoms with Crippen molar-refractivity contribution in [3.63, 3.8) is 0 Å². The van der Waals surface area contributed by atoms with E-state index >= 15 is 0 Å². The van der Waals surface area contributed by atoms with Gasteiger partial charge in [-0.2, -0.15) is 0 Å². The number of hydrogen-bond donors (Lipinski definition) is 2. The van der Waals surface area contributed by atoms with E-state index in [1.165, 1.54) is 6.54 Å². The Bertz CT molecular complexity index is 594. The summed E-state index contributed by atoms with van der Waals surface area (Å²) in [5, 5.41) is 3.03. The molecule has 0 bridgehead atoms. The van der Waals surface area contributed by atoms with Crippen LogP contribution < -0.4 is 10.2 Å². The van der Waals surface area contributed by atoms with Crippen LogP contribution in [-0.4, -0.2) is 39.4 Å². The summed E-state index contributed by atoms with van der Waals surface area (Å²) in [6.07, 6.45) is 0. The molecule has 1 fully saturated rings. The summed E-state index contributed by atoms with van der Waals surface area (Å²) in [5.74, 6) is 1.83. The fraction of sp³-hybridized carbons (Fsp3) is 0.412. The Morgan fingerprint density at radius 1 is 1.09 bits per heavy atom. The molecule has 1 aromatic carbocycles. The minimum atomic E-state index is 0.725. The molecule has 4 nitrogen and oxygen atoms in total. The summed E-state index contributed by atoms with van der Waals surface area (Å²) >= 11 is 6.20. The zero-order valence-corrected chi connectivity index (χ0v) is 13.4. The van der Waals surface area contributed by atoms with Crippen molar-refractivity contribution in [2.24, 2.45) is 0 Å². The van der Waals surface area contributed by atoms with Gasteiger partial charge in [0.2, 0.25) is 0 Å². The quantitative estimate of drug-likeness (QED) is 0.764. The lowest BCUT2D eigenvalue weighted by Crippen LogP contribution is -3.16. The van der Waals surface area contributed by atoms with Crippen LogP contribution in [0.4, 0.5) is 0 Å². The molecule has 1 saturated heterocycles. The largest absolute Gasteiger partial charge is 0.455 e. The molecular weight excluding hydrogens is 300 g/mol. The van der Waals surface area contributed by atoms with E-state index in [1.807, 2.05) is 36.4 Å². The van der Waals surface area contributed by atoms with Crippen LogP contribution in [0.25, 0.3) is 11.3 Å². The predicted octanol–water partition coefficient (Wildman–Crippen LogP) is 0.579. The second kappa shape index (κ2) is 7.79. The van der Waals surface area contributed by atoms with E-state index in [0.29, 0.717) is 0 Å². The van der Waals surface area contributed by atoms with Crippen molar-refractivity contribution in [3.8, 4) is 11.3 Å². The number of furan rings is 1. The van der Waals surface area contributed by atoms with Gasteiger partial charge in [0.15, 0.2) is 5.76 Å². The monoisotopic (exact) mass is 322 g/mol. The van der Waals surface area contributed by atoms with Crippen LogP contribution in [0, 0.1) is 0 Å². The number of halogens is 1. The van der Waals surface area contributed by atoms with Crippen molar-refractivity contribution in [1.82, 2.24) is 0 Å². The maximum absolute atomic E-state index is 6.20. The van der Waals surface area contributed by atoms with Crippen LogP contribution in [-0.2, 0) is 11.3 Å². The Kier molecular flexibility index (Phi) is 5.51. The summed E-state index contributed by atoms with van der Waals surface area (Å²) < 4.78 is 11.3. The highest BCUT2D eigenvalue weighted by molar-refractivity contribution is 6.33. The number of hydrogen-bond acceptors (Lipinski definition) is 2. The van der Waals surface area contributed by atoms with Crippen molar-refractivity contribution in [2.75, 3.05) is 39.4 Å². The third kappa shape index (κ3) is 4.11. The second-order valence-electron chi connectivity index (χ2n) is 5.64. The Labute approximate surface area is 136 Å². The van der Waals surface area contributed by atoms with Crippen molar-refractivity contribution < 1.29 is 19.4 Å². The predicted molar refractivity (Wildman–Crippen MR) is 86.0 cm³/mol. The molecule has 2 aromatic rings. The van der Waals surface area contributed by atoms with Gasteiger partial charge in [-0.05, 0) is 24.3 Å². The van der Waals surface area contributed by atoms with Crippen LogP contribution in [0.1, 0.15) is 5.76 Å². The van der Waals surface area contributed by atoms with Gasteiger partial charge in [-0.1, -0.05) is 23.7 Å². The highest BCUT2D eigenvalue weighted by Crippen LogP contribution is 2.28. The van der Waals surface area contributed by atoms with Gasteiger partial charge >= 0.3 is 0 Å². The van der Waals surface area contributed by atoms with Gasteiger partial charge in [0.25, 0.3) is 0 Å². The van der Waals surface area contributed by atoms with Gasteiger partial charge in [-0.25, -0.2) is 0 Å². The molecule has 22 heavy (non-hydrogen) atoms. The molecule has 5 heteroatoms. The molecule has 0 atom stereocenters. The molecule has 1 aliphatic rings. The van der Waals surface area contributed by atoms with Gasteiger partial charge in [0.05, 0.1) is 18.2 Å². The summed E-state index contributed by atoms with van der Waals surface area (Å²) in [5.41, 5.74) is 0.952. The highest BCUT2D eigenvalue weighted by Gasteiger charge is 2.14. The fourth-order valence-corrected chi connectivity index (χ4v) is 2.98. The first-order chi connectivity index (χ1) is 10.8. The summed E-state index contributed by atoms with van der Waals surface area (Å²) in [6.45, 7) is 7.22. The normalized spacial score (nSPS) is 16.0. The SMILES string of the molecule is Clc1ccccc1-c1ccc(C[NH2+]CC[NH+]2CCOCC2)o1. The number of morpholine rings is 1. The smallest absolute Gasteiger partial charge is 0.158 e. The standard InChI is InChI=1S/C17H21ClN2O2/c18-16-4-2-1-3-15(16)17-6-5-14(22-17)13-19-7-8-20-9-11-21-12-10-20/h1-6,19H,7-13H2/p+2. The van der Waals surface area contributed by atoms with Gasteiger partial charge in [-0.15, -0.1) is 0 Å². The lowest BCUT2D eigenvalue weighted by atomic mass is 10.2. The third-order valence-corrected chi connectivity index (χ3v) is 4.38. The van der Waals surface area contributed by atoms with E-state index in [-0.39, 0.29) is 0 Å². The topological polar surface area (TPSA) is 43.4 Å². The van der Waals surface area contributed by atoms with Gasteiger partial charge in [0, 0.05) is 5.56 Å². The molecule has 1 aromatic heterocycles. The average Bonchev–Trinajstić information content (AvgIpc) is 3.02. The van der Waals surface area contributed by atoms with E-state index in [2.05, 4.69) is 5.32 Å². The summed E-state index contributed by atoms with van der Waals surface area (Å²) in [6, 6.07) is 11.8. The van der Waals surface area contributed by atoms with Crippen LogP contribution in [0.3, 0.4) is 0 Å². The van der Waals surface area contributed by atoms with E-state index in [0.717, 1.165) is 61.5 Å². The Hall–Kier alpha value is -1.33. The molecule has 0 saturated carbocycles. The molecule has 0 aliphatic carbocycles. The molecule has 118 valence electrons. The second-order valence-corrected chi connectivity index (χ2v) is 6.05. The lowest BCUT2D eigenvalue weighted by Gasteiger charge is -2.22. The van der Waals surface area contributed by atoms with Gasteiger partial charge < -0.3 is 19.4 Å². The molecule has 3 rings (SSSR count). The van der Waals surface area contributed by atoms with Crippen LogP contribution in [0.2, 0.25) is 5.02 Å². The number of ether oxygens (including phenoxy) is 1. The van der Waals surface area contributed by atoms with Gasteiger partial charge in [-0.3, -0.25) is 0 Å². The van der Waals surface area contributed by atoms with Crippen LogP contribution in [0.5, 0.6) is 0 Å². The average molecular weight is 323 g/mol. The minimum absolute atomic E-state index is 0.725. The number of benzene rings is 1. The maximum atomic E-state index is 6.20. The Morgan fingerprint density at radius 3 is 2.73 bits per heavy atom. The Balaban J connectivity index is 1.47. The van der Waals surface area contributed by atoms with Crippen molar-refractivity contribution >= 4 is 11.6 Å². The number of nitrogens with two attached hydrogens (primary N) is 1. The third-order valence-electron chi connectivity index (χ3n) is 4.05. The van der Waals surface area contributed by atoms with Crippen LogP contribution >= 0.6 is 11.6 Å². The zero-order chi connectivity index (χ0) is 15.2. The molecule has 0 radical (unpaired) electrons. The van der Waals surface area contributed by atoms with E-state index in [9.17, 15) is 0 Å². The van der Waals surface area contributed by atoms with Crippen LogP contribution in [0.15, 0.2) is 40.8 Å². The number of rotatable bonds is 6.